The molecule has 0 saturated heterocycles. The van der Waals surface area contributed by atoms with Crippen LogP contribution in [0.25, 0.3) is 32.2 Å². The van der Waals surface area contributed by atoms with Crippen molar-refractivity contribution in [2.45, 2.75) is 0 Å². The number of ether oxygens (including phenoxy) is 1. The number of benzene rings is 1. The molecular weight excluding hydrogens is 312 g/mol. The molecule has 4 aromatic rings. The van der Waals surface area contributed by atoms with E-state index in [1.165, 1.54) is 0 Å². The van der Waals surface area contributed by atoms with Crippen LogP contribution in [0.15, 0.2) is 53.2 Å². The molecule has 108 valence electrons. The molecule has 0 atom stereocenters. The van der Waals surface area contributed by atoms with Crippen LogP contribution in [0.5, 0.6) is 5.75 Å². The maximum atomic E-state index is 5.43. The van der Waals surface area contributed by atoms with Gasteiger partial charge in [0.25, 0.3) is 0 Å². The first-order valence-corrected chi connectivity index (χ1v) is 8.55. The zero-order valence-corrected chi connectivity index (χ0v) is 13.4. The van der Waals surface area contributed by atoms with Crippen LogP contribution in [0.3, 0.4) is 0 Å². The Bertz CT molecular complexity index is 915. The van der Waals surface area contributed by atoms with E-state index in [0.29, 0.717) is 0 Å². The SMILES string of the molecule is COc1cccc2nc(-c3cccs3)c(-c3cccs3)nc12. The molecule has 0 spiro atoms. The van der Waals surface area contributed by atoms with Crippen molar-refractivity contribution in [1.29, 1.82) is 0 Å². The van der Waals surface area contributed by atoms with E-state index in [1.807, 2.05) is 30.3 Å². The number of methoxy groups -OCH3 is 1. The molecule has 0 fully saturated rings. The number of hydrogen-bond donors (Lipinski definition) is 0. The highest BCUT2D eigenvalue weighted by atomic mass is 32.1. The number of rotatable bonds is 3. The van der Waals surface area contributed by atoms with E-state index in [-0.39, 0.29) is 0 Å². The summed E-state index contributed by atoms with van der Waals surface area (Å²) in [7, 11) is 1.66. The molecule has 0 aliphatic heterocycles. The number of aromatic nitrogens is 2. The smallest absolute Gasteiger partial charge is 0.146 e. The van der Waals surface area contributed by atoms with Gasteiger partial charge in [-0.25, -0.2) is 9.97 Å². The number of fused-ring (bicyclic) bond motifs is 1. The summed E-state index contributed by atoms with van der Waals surface area (Å²) in [4.78, 5) is 12.0. The molecule has 0 radical (unpaired) electrons. The Kier molecular flexibility index (Phi) is 3.36. The maximum Gasteiger partial charge on any atom is 0.146 e. The molecule has 3 nitrogen and oxygen atoms in total. The summed E-state index contributed by atoms with van der Waals surface area (Å²) in [5, 5.41) is 4.12. The molecule has 1 aromatic carbocycles. The summed E-state index contributed by atoms with van der Waals surface area (Å²) < 4.78 is 5.43. The molecule has 0 N–H and O–H groups in total. The molecule has 0 saturated carbocycles. The molecule has 0 unspecified atom stereocenters. The van der Waals surface area contributed by atoms with Crippen LogP contribution in [0, 0.1) is 0 Å². The monoisotopic (exact) mass is 324 g/mol. The fraction of sp³-hybridized carbons (Fsp3) is 0.0588. The maximum absolute atomic E-state index is 5.43. The fourth-order valence-corrected chi connectivity index (χ4v) is 3.82. The standard InChI is InChI=1S/C17H12N2OS2/c1-20-12-6-2-5-11-15(12)19-17(14-8-4-10-22-14)16(18-11)13-7-3-9-21-13/h2-10H,1H3. The van der Waals surface area contributed by atoms with E-state index in [4.69, 9.17) is 14.7 Å². The van der Waals surface area contributed by atoms with Gasteiger partial charge < -0.3 is 4.74 Å². The van der Waals surface area contributed by atoms with Crippen molar-refractivity contribution in [3.63, 3.8) is 0 Å². The van der Waals surface area contributed by atoms with Gasteiger partial charge in [-0.15, -0.1) is 22.7 Å². The van der Waals surface area contributed by atoms with Gasteiger partial charge in [-0.2, -0.15) is 0 Å². The molecule has 0 amide bonds. The van der Waals surface area contributed by atoms with E-state index >= 15 is 0 Å². The topological polar surface area (TPSA) is 35.0 Å². The highest BCUT2D eigenvalue weighted by Crippen LogP contribution is 2.36. The minimum absolute atomic E-state index is 0.750. The third-order valence-corrected chi connectivity index (χ3v) is 5.14. The average molecular weight is 324 g/mol. The van der Waals surface area contributed by atoms with E-state index in [0.717, 1.165) is 37.9 Å². The summed E-state index contributed by atoms with van der Waals surface area (Å²) in [5.74, 6) is 0.750. The van der Waals surface area contributed by atoms with Crippen LogP contribution in [0.2, 0.25) is 0 Å². The molecule has 4 rings (SSSR count). The lowest BCUT2D eigenvalue weighted by molar-refractivity contribution is 0.419. The van der Waals surface area contributed by atoms with Crippen LogP contribution in [-0.2, 0) is 0 Å². The molecule has 5 heteroatoms. The van der Waals surface area contributed by atoms with Crippen LogP contribution in [-0.4, -0.2) is 17.1 Å². The van der Waals surface area contributed by atoms with Crippen LogP contribution in [0.1, 0.15) is 0 Å². The Balaban J connectivity index is 2.07. The van der Waals surface area contributed by atoms with Gasteiger partial charge >= 0.3 is 0 Å². The summed E-state index contributed by atoms with van der Waals surface area (Å²) in [6.07, 6.45) is 0. The molecule has 0 aliphatic carbocycles. The third kappa shape index (κ3) is 2.19. The molecular formula is C17H12N2OS2. The van der Waals surface area contributed by atoms with Crippen LogP contribution in [0.4, 0.5) is 0 Å². The highest BCUT2D eigenvalue weighted by Gasteiger charge is 2.16. The lowest BCUT2D eigenvalue weighted by atomic mass is 10.2. The van der Waals surface area contributed by atoms with Crippen molar-refractivity contribution in [3.8, 4) is 26.9 Å². The van der Waals surface area contributed by atoms with Crippen molar-refractivity contribution in [2.75, 3.05) is 7.11 Å². The molecule has 3 heterocycles. The molecule has 3 aromatic heterocycles. The zero-order valence-electron chi connectivity index (χ0n) is 11.8. The van der Waals surface area contributed by atoms with Crippen molar-refractivity contribution < 1.29 is 4.74 Å². The molecule has 22 heavy (non-hydrogen) atoms. The minimum Gasteiger partial charge on any atom is -0.494 e. The second kappa shape index (κ2) is 5.51. The number of para-hydroxylation sites is 1. The van der Waals surface area contributed by atoms with Gasteiger partial charge in [-0.1, -0.05) is 18.2 Å². The van der Waals surface area contributed by atoms with E-state index in [9.17, 15) is 0 Å². The number of thiophene rings is 2. The second-order valence-electron chi connectivity index (χ2n) is 4.70. The Morgan fingerprint density at radius 3 is 2.09 bits per heavy atom. The minimum atomic E-state index is 0.750. The Labute approximate surface area is 135 Å². The first-order chi connectivity index (χ1) is 10.9. The van der Waals surface area contributed by atoms with Crippen molar-refractivity contribution in [3.05, 3.63) is 53.2 Å². The lowest BCUT2D eigenvalue weighted by Crippen LogP contribution is -1.95. The second-order valence-corrected chi connectivity index (χ2v) is 6.60. The molecule has 0 aliphatic rings. The Morgan fingerprint density at radius 1 is 0.818 bits per heavy atom. The summed E-state index contributed by atoms with van der Waals surface area (Å²) in [6.45, 7) is 0. The van der Waals surface area contributed by atoms with Crippen molar-refractivity contribution >= 4 is 33.7 Å². The lowest BCUT2D eigenvalue weighted by Gasteiger charge is -2.09. The van der Waals surface area contributed by atoms with Gasteiger partial charge in [0.05, 0.1) is 22.4 Å². The quantitative estimate of drug-likeness (QED) is 0.526. The molecule has 0 bridgehead atoms. The third-order valence-electron chi connectivity index (χ3n) is 3.39. The zero-order chi connectivity index (χ0) is 14.9. The normalized spacial score (nSPS) is 11.0. The average Bonchev–Trinajstić information content (AvgIpc) is 3.26. The first-order valence-electron chi connectivity index (χ1n) is 6.79. The van der Waals surface area contributed by atoms with E-state index in [1.54, 1.807) is 29.8 Å². The van der Waals surface area contributed by atoms with Gasteiger partial charge in [0.2, 0.25) is 0 Å². The van der Waals surface area contributed by atoms with Crippen LogP contribution >= 0.6 is 22.7 Å². The summed E-state index contributed by atoms with van der Waals surface area (Å²) >= 11 is 3.35. The van der Waals surface area contributed by atoms with E-state index < -0.39 is 0 Å². The Morgan fingerprint density at radius 2 is 1.50 bits per heavy atom. The number of hydrogen-bond acceptors (Lipinski definition) is 5. The van der Waals surface area contributed by atoms with Gasteiger partial charge in [0, 0.05) is 0 Å². The van der Waals surface area contributed by atoms with Gasteiger partial charge in [-0.3, -0.25) is 0 Å². The fourth-order valence-electron chi connectivity index (χ4n) is 2.39. The number of nitrogens with zero attached hydrogens (tertiary/aromatic N) is 2. The van der Waals surface area contributed by atoms with Crippen molar-refractivity contribution in [1.82, 2.24) is 9.97 Å². The largest absolute Gasteiger partial charge is 0.494 e. The van der Waals surface area contributed by atoms with Gasteiger partial charge in [0.1, 0.15) is 22.7 Å². The van der Waals surface area contributed by atoms with Gasteiger partial charge in [-0.05, 0) is 35.0 Å². The first kappa shape index (κ1) is 13.4. The Hall–Kier alpha value is -2.24. The summed E-state index contributed by atoms with van der Waals surface area (Å²) in [6, 6.07) is 14.1. The predicted molar refractivity (Wildman–Crippen MR) is 92.7 cm³/mol. The van der Waals surface area contributed by atoms with E-state index in [2.05, 4.69) is 22.9 Å². The van der Waals surface area contributed by atoms with Crippen LogP contribution < -0.4 is 4.74 Å². The summed E-state index contributed by atoms with van der Waals surface area (Å²) in [5.41, 5.74) is 3.49. The van der Waals surface area contributed by atoms with Gasteiger partial charge in [0.15, 0.2) is 0 Å². The predicted octanol–water partition coefficient (Wildman–Crippen LogP) is 5.10. The highest BCUT2D eigenvalue weighted by molar-refractivity contribution is 7.14. The van der Waals surface area contributed by atoms with Crippen molar-refractivity contribution in [2.24, 2.45) is 0 Å².